The average Bonchev–Trinajstić information content (AvgIpc) is 2.79. The summed E-state index contributed by atoms with van der Waals surface area (Å²) in [6, 6.07) is 6.56. The number of H-pyrrole nitrogens is 1. The maximum Gasteiger partial charge on any atom is 0.408 e. The van der Waals surface area contributed by atoms with Crippen LogP contribution in [0.1, 0.15) is 26.3 Å². The van der Waals surface area contributed by atoms with E-state index in [4.69, 9.17) is 4.74 Å². The predicted octanol–water partition coefficient (Wildman–Crippen LogP) is 2.84. The summed E-state index contributed by atoms with van der Waals surface area (Å²) in [6.07, 6.45) is 1.20. The Morgan fingerprint density at radius 2 is 1.96 bits per heavy atom. The minimum absolute atomic E-state index is 0. The first-order valence-electron chi connectivity index (χ1n) is 7.03. The lowest BCUT2D eigenvalue weighted by Crippen LogP contribution is -2.44. The smallest absolute Gasteiger partial charge is 0.408 e. The van der Waals surface area contributed by atoms with Gasteiger partial charge in [0.1, 0.15) is 11.6 Å². The molecule has 3 N–H and O–H groups in total. The number of hydrogen-bond acceptors (Lipinski definition) is 3. The number of ether oxygens (including phenoxy) is 1. The van der Waals surface area contributed by atoms with Gasteiger partial charge in [0.2, 0.25) is 0 Å². The van der Waals surface area contributed by atoms with Gasteiger partial charge in [-0.3, -0.25) is 4.70 Å². The number of nitrogens with one attached hydrogen (secondary N) is 2. The van der Waals surface area contributed by atoms with Crippen LogP contribution in [0, 0.1) is 0 Å². The van der Waals surface area contributed by atoms with E-state index in [1.807, 2.05) is 24.3 Å². The second-order valence-corrected chi connectivity index (χ2v) is 6.10. The lowest BCUT2D eigenvalue weighted by atomic mass is 10.1. The molecule has 0 fully saturated rings. The van der Waals surface area contributed by atoms with Gasteiger partial charge in [-0.2, -0.15) is 0 Å². The monoisotopic (exact) mass is 324 g/mol. The number of carbonyl (C=O) groups excluding carboxylic acids is 1. The Kier molecular flexibility index (Phi) is 5.73. The Balaban J connectivity index is 0.00000264. The van der Waals surface area contributed by atoms with E-state index in [0.717, 1.165) is 16.5 Å². The van der Waals surface area contributed by atoms with E-state index in [2.05, 4.69) is 10.3 Å². The number of benzene rings is 1. The number of amides is 1. The van der Waals surface area contributed by atoms with Crippen molar-refractivity contribution < 1.29 is 24.1 Å². The van der Waals surface area contributed by atoms with E-state index in [-0.39, 0.29) is 11.1 Å². The number of para-hydroxylation sites is 1. The van der Waals surface area contributed by atoms with Gasteiger partial charge in [-0.1, -0.05) is 18.2 Å². The topological polar surface area (TPSA) is 91.4 Å². The van der Waals surface area contributed by atoms with Crippen molar-refractivity contribution in [3.05, 3.63) is 36.0 Å². The number of aliphatic carboxylic acids is 1. The first kappa shape index (κ1) is 18.5. The van der Waals surface area contributed by atoms with E-state index in [9.17, 15) is 14.7 Å². The van der Waals surface area contributed by atoms with Crippen LogP contribution in [-0.2, 0) is 16.0 Å². The van der Waals surface area contributed by atoms with Crippen LogP contribution < -0.4 is 5.32 Å². The molecule has 1 amide bonds. The molecule has 126 valence electrons. The third-order valence-corrected chi connectivity index (χ3v) is 3.09. The number of aromatic amines is 1. The zero-order chi connectivity index (χ0) is 16.3. The van der Waals surface area contributed by atoms with Crippen molar-refractivity contribution in [2.45, 2.75) is 38.8 Å². The number of aromatic nitrogens is 1. The summed E-state index contributed by atoms with van der Waals surface area (Å²) in [7, 11) is 0. The summed E-state index contributed by atoms with van der Waals surface area (Å²) < 4.78 is 5.10. The molecule has 1 aromatic carbocycles. The molecule has 0 aliphatic rings. The van der Waals surface area contributed by atoms with Gasteiger partial charge in [0.25, 0.3) is 0 Å². The van der Waals surface area contributed by atoms with Crippen LogP contribution in [0.4, 0.5) is 9.50 Å². The van der Waals surface area contributed by atoms with Crippen LogP contribution in [-0.4, -0.2) is 33.8 Å². The number of carboxylic acid groups (broad SMARTS) is 1. The van der Waals surface area contributed by atoms with Crippen molar-refractivity contribution in [3.8, 4) is 0 Å². The Labute approximate surface area is 133 Å². The number of fused-ring (bicyclic) bond motifs is 1. The molecule has 0 radical (unpaired) electrons. The van der Waals surface area contributed by atoms with Gasteiger partial charge in [0, 0.05) is 23.5 Å². The highest BCUT2D eigenvalue weighted by Gasteiger charge is 2.25. The van der Waals surface area contributed by atoms with Gasteiger partial charge in [-0.15, -0.1) is 0 Å². The minimum Gasteiger partial charge on any atom is -0.480 e. The van der Waals surface area contributed by atoms with Gasteiger partial charge in [-0.25, -0.2) is 9.59 Å². The largest absolute Gasteiger partial charge is 0.480 e. The normalized spacial score (nSPS) is 12.3. The van der Waals surface area contributed by atoms with Crippen LogP contribution in [0.15, 0.2) is 30.5 Å². The van der Waals surface area contributed by atoms with Crippen molar-refractivity contribution in [2.24, 2.45) is 0 Å². The summed E-state index contributed by atoms with van der Waals surface area (Å²) in [5, 5.41) is 12.7. The number of carbonyl (C=O) groups is 2. The molecule has 7 heteroatoms. The fraction of sp³-hybridized carbons (Fsp3) is 0.375. The Morgan fingerprint density at radius 3 is 2.57 bits per heavy atom. The van der Waals surface area contributed by atoms with Crippen molar-refractivity contribution in [1.29, 1.82) is 0 Å². The van der Waals surface area contributed by atoms with E-state index in [0.29, 0.717) is 0 Å². The number of hydrogen-bond donors (Lipinski definition) is 3. The molecule has 0 aliphatic carbocycles. The van der Waals surface area contributed by atoms with Gasteiger partial charge in [0.15, 0.2) is 0 Å². The first-order chi connectivity index (χ1) is 10.3. The Hall–Kier alpha value is -2.57. The quantitative estimate of drug-likeness (QED) is 0.806. The molecule has 0 spiro atoms. The number of alkyl carbamates (subject to hydrolysis) is 1. The summed E-state index contributed by atoms with van der Waals surface area (Å²) in [5.74, 6) is -1.10. The molecular formula is C16H21FN2O4. The number of halogens is 1. The van der Waals surface area contributed by atoms with Gasteiger partial charge >= 0.3 is 12.1 Å². The van der Waals surface area contributed by atoms with E-state index in [1.165, 1.54) is 0 Å². The van der Waals surface area contributed by atoms with Crippen molar-refractivity contribution in [3.63, 3.8) is 0 Å². The standard InChI is InChI=1S/C16H20N2O4.FH/c1-16(2,3)22-15(21)18-13(14(19)20)8-10-9-17-12-7-5-4-6-11(10)12;/h4-7,9,13,17H,8H2,1-3H3,(H,18,21)(H,19,20);1H/t13-;/m0./s1. The SMILES string of the molecule is CC(C)(C)OC(=O)N[C@@H](Cc1c[nH]c2ccccc12)C(=O)O.F. The Morgan fingerprint density at radius 1 is 1.30 bits per heavy atom. The summed E-state index contributed by atoms with van der Waals surface area (Å²) >= 11 is 0. The van der Waals surface area contributed by atoms with Crippen LogP contribution >= 0.6 is 0 Å². The Bertz CT molecular complexity index is 691. The highest BCUT2D eigenvalue weighted by molar-refractivity contribution is 5.85. The molecule has 2 rings (SSSR count). The summed E-state index contributed by atoms with van der Waals surface area (Å²) in [6.45, 7) is 5.17. The van der Waals surface area contributed by atoms with Crippen LogP contribution in [0.5, 0.6) is 0 Å². The van der Waals surface area contributed by atoms with Crippen LogP contribution in [0.3, 0.4) is 0 Å². The molecule has 1 heterocycles. The molecule has 2 aromatic rings. The van der Waals surface area contributed by atoms with Gasteiger partial charge < -0.3 is 20.1 Å². The van der Waals surface area contributed by atoms with Crippen molar-refractivity contribution in [2.75, 3.05) is 0 Å². The lowest BCUT2D eigenvalue weighted by Gasteiger charge is -2.21. The minimum atomic E-state index is -1.10. The molecule has 6 nitrogen and oxygen atoms in total. The van der Waals surface area contributed by atoms with Crippen LogP contribution in [0.25, 0.3) is 10.9 Å². The zero-order valence-corrected chi connectivity index (χ0v) is 13.3. The molecular weight excluding hydrogens is 303 g/mol. The fourth-order valence-corrected chi connectivity index (χ4v) is 2.17. The van der Waals surface area contributed by atoms with E-state index < -0.39 is 23.7 Å². The molecule has 0 aliphatic heterocycles. The van der Waals surface area contributed by atoms with Crippen molar-refractivity contribution >= 4 is 23.0 Å². The summed E-state index contributed by atoms with van der Waals surface area (Å²) in [4.78, 5) is 26.2. The molecule has 0 saturated heterocycles. The molecule has 0 saturated carbocycles. The lowest BCUT2D eigenvalue weighted by molar-refractivity contribution is -0.139. The van der Waals surface area contributed by atoms with E-state index in [1.54, 1.807) is 27.0 Å². The summed E-state index contributed by atoms with van der Waals surface area (Å²) in [5.41, 5.74) is 1.09. The predicted molar refractivity (Wildman–Crippen MR) is 85.3 cm³/mol. The molecule has 0 unspecified atom stereocenters. The van der Waals surface area contributed by atoms with Gasteiger partial charge in [0.05, 0.1) is 0 Å². The molecule has 23 heavy (non-hydrogen) atoms. The number of carboxylic acids is 1. The average molecular weight is 324 g/mol. The second kappa shape index (κ2) is 7.13. The maximum atomic E-state index is 11.8. The van der Waals surface area contributed by atoms with Crippen molar-refractivity contribution in [1.82, 2.24) is 10.3 Å². The second-order valence-electron chi connectivity index (χ2n) is 6.10. The van der Waals surface area contributed by atoms with Gasteiger partial charge in [-0.05, 0) is 32.4 Å². The highest BCUT2D eigenvalue weighted by Crippen LogP contribution is 2.19. The zero-order valence-electron chi connectivity index (χ0n) is 13.3. The third kappa shape index (κ3) is 4.98. The number of rotatable bonds is 4. The molecule has 1 aromatic heterocycles. The highest BCUT2D eigenvalue weighted by atomic mass is 19.0. The van der Waals surface area contributed by atoms with Crippen LogP contribution in [0.2, 0.25) is 0 Å². The first-order valence-corrected chi connectivity index (χ1v) is 7.03. The molecule has 1 atom stereocenters. The molecule has 0 bridgehead atoms. The fourth-order valence-electron chi connectivity index (χ4n) is 2.17. The van der Waals surface area contributed by atoms with E-state index >= 15 is 0 Å². The maximum absolute atomic E-state index is 11.8. The third-order valence-electron chi connectivity index (χ3n) is 3.09.